The minimum absolute atomic E-state index is 0.240. The van der Waals surface area contributed by atoms with Gasteiger partial charge in [0.15, 0.2) is 0 Å². The SMILES string of the molecule is CCCc1ccc(C(c2ccc(C)cc2)c2ccc(CCCC#N)cc2)cc1. The zero-order valence-corrected chi connectivity index (χ0v) is 17.0. The van der Waals surface area contributed by atoms with Gasteiger partial charge in [-0.15, -0.1) is 0 Å². The topological polar surface area (TPSA) is 23.8 Å². The van der Waals surface area contributed by atoms with E-state index in [-0.39, 0.29) is 5.92 Å². The largest absolute Gasteiger partial charge is 0.198 e. The predicted molar refractivity (Wildman–Crippen MR) is 118 cm³/mol. The number of nitrogens with zero attached hydrogens (tertiary/aromatic N) is 1. The molecule has 1 nitrogen and oxygen atoms in total. The maximum absolute atomic E-state index is 8.74. The molecule has 0 heterocycles. The summed E-state index contributed by atoms with van der Waals surface area (Å²) in [5.41, 5.74) is 7.97. The van der Waals surface area contributed by atoms with Gasteiger partial charge in [-0.25, -0.2) is 0 Å². The van der Waals surface area contributed by atoms with E-state index in [2.05, 4.69) is 92.7 Å². The van der Waals surface area contributed by atoms with E-state index in [1.807, 2.05) is 0 Å². The summed E-state index contributed by atoms with van der Waals surface area (Å²) < 4.78 is 0. The molecule has 28 heavy (non-hydrogen) atoms. The van der Waals surface area contributed by atoms with Crippen LogP contribution in [0.25, 0.3) is 0 Å². The van der Waals surface area contributed by atoms with Crippen molar-refractivity contribution in [2.24, 2.45) is 0 Å². The quantitative estimate of drug-likeness (QED) is 0.311. The lowest BCUT2D eigenvalue weighted by Gasteiger charge is -2.20. The molecule has 0 bridgehead atoms. The molecule has 0 aliphatic heterocycles. The highest BCUT2D eigenvalue weighted by atomic mass is 14.2. The molecule has 3 aromatic carbocycles. The molecular weight excluding hydrogens is 338 g/mol. The molecule has 0 N–H and O–H groups in total. The van der Waals surface area contributed by atoms with E-state index in [0.717, 1.165) is 19.3 Å². The molecule has 0 aliphatic carbocycles. The standard InChI is InChI=1S/C27H29N/c1-3-6-22-10-16-25(17-11-22)27(24-14-8-21(2)9-15-24)26-18-12-23(13-19-26)7-4-5-20-28/h8-19,27H,3-7H2,1-2H3. The number of hydrogen-bond donors (Lipinski definition) is 0. The molecule has 142 valence electrons. The number of unbranched alkanes of at least 4 members (excludes halogenated alkanes) is 1. The van der Waals surface area contributed by atoms with Crippen molar-refractivity contribution in [3.63, 3.8) is 0 Å². The smallest absolute Gasteiger partial charge is 0.0621 e. The van der Waals surface area contributed by atoms with E-state index in [9.17, 15) is 0 Å². The minimum Gasteiger partial charge on any atom is -0.198 e. The summed E-state index contributed by atoms with van der Waals surface area (Å²) in [6.07, 6.45) is 4.82. The lowest BCUT2D eigenvalue weighted by Crippen LogP contribution is -2.04. The molecule has 0 amide bonds. The van der Waals surface area contributed by atoms with Crippen LogP contribution in [-0.4, -0.2) is 0 Å². The number of aryl methyl sites for hydroxylation is 3. The Hall–Kier alpha value is -2.85. The van der Waals surface area contributed by atoms with Crippen LogP contribution in [0.5, 0.6) is 0 Å². The summed E-state index contributed by atoms with van der Waals surface area (Å²) in [5.74, 6) is 0.240. The van der Waals surface area contributed by atoms with Crippen LogP contribution in [-0.2, 0) is 12.8 Å². The highest BCUT2D eigenvalue weighted by Crippen LogP contribution is 2.32. The molecule has 0 saturated carbocycles. The van der Waals surface area contributed by atoms with Crippen molar-refractivity contribution in [2.75, 3.05) is 0 Å². The minimum atomic E-state index is 0.240. The average Bonchev–Trinajstić information content (AvgIpc) is 2.72. The molecule has 3 rings (SSSR count). The highest BCUT2D eigenvalue weighted by molar-refractivity contribution is 5.45. The van der Waals surface area contributed by atoms with Crippen LogP contribution in [0.1, 0.15) is 65.5 Å². The summed E-state index contributed by atoms with van der Waals surface area (Å²) in [6, 6.07) is 29.2. The molecule has 1 heteroatoms. The Balaban J connectivity index is 1.92. The monoisotopic (exact) mass is 367 g/mol. The second kappa shape index (κ2) is 9.90. The normalized spacial score (nSPS) is 11.8. The Bertz CT molecular complexity index is 896. The second-order valence-corrected chi connectivity index (χ2v) is 7.59. The Morgan fingerprint density at radius 3 is 1.64 bits per heavy atom. The fraction of sp³-hybridized carbons (Fsp3) is 0.296. The first kappa shape index (κ1) is 19.9. The number of hydrogen-bond acceptors (Lipinski definition) is 1. The Labute approximate surface area is 169 Å². The summed E-state index contributed by atoms with van der Waals surface area (Å²) in [4.78, 5) is 0. The Kier molecular flexibility index (Phi) is 7.04. The third-order valence-corrected chi connectivity index (χ3v) is 5.33. The first-order chi connectivity index (χ1) is 13.7. The van der Waals surface area contributed by atoms with E-state index in [1.165, 1.54) is 39.8 Å². The number of benzene rings is 3. The van der Waals surface area contributed by atoms with E-state index in [0.29, 0.717) is 6.42 Å². The lowest BCUT2D eigenvalue weighted by molar-refractivity contribution is 0.848. The van der Waals surface area contributed by atoms with Gasteiger partial charge in [0.25, 0.3) is 0 Å². The van der Waals surface area contributed by atoms with Crippen molar-refractivity contribution in [1.29, 1.82) is 5.26 Å². The van der Waals surface area contributed by atoms with Crippen LogP contribution in [0.2, 0.25) is 0 Å². The van der Waals surface area contributed by atoms with Gasteiger partial charge in [0, 0.05) is 12.3 Å². The fourth-order valence-corrected chi connectivity index (χ4v) is 3.75. The van der Waals surface area contributed by atoms with Gasteiger partial charge in [-0.05, 0) is 54.0 Å². The summed E-state index contributed by atoms with van der Waals surface area (Å²) in [6.45, 7) is 4.36. The average molecular weight is 368 g/mol. The van der Waals surface area contributed by atoms with Crippen molar-refractivity contribution in [2.45, 2.75) is 51.9 Å². The van der Waals surface area contributed by atoms with Crippen molar-refractivity contribution in [3.05, 3.63) is 106 Å². The van der Waals surface area contributed by atoms with E-state index >= 15 is 0 Å². The molecule has 0 spiro atoms. The molecule has 1 unspecified atom stereocenters. The molecular formula is C27H29N. The highest BCUT2D eigenvalue weighted by Gasteiger charge is 2.16. The van der Waals surface area contributed by atoms with Crippen LogP contribution in [0.15, 0.2) is 72.8 Å². The van der Waals surface area contributed by atoms with Crippen molar-refractivity contribution in [3.8, 4) is 6.07 Å². The van der Waals surface area contributed by atoms with Crippen LogP contribution < -0.4 is 0 Å². The molecule has 0 aromatic heterocycles. The van der Waals surface area contributed by atoms with Gasteiger partial charge in [-0.2, -0.15) is 5.26 Å². The van der Waals surface area contributed by atoms with Gasteiger partial charge in [0.05, 0.1) is 6.07 Å². The van der Waals surface area contributed by atoms with E-state index in [4.69, 9.17) is 5.26 Å². The van der Waals surface area contributed by atoms with Crippen LogP contribution >= 0.6 is 0 Å². The third-order valence-electron chi connectivity index (χ3n) is 5.33. The van der Waals surface area contributed by atoms with Crippen LogP contribution in [0, 0.1) is 18.3 Å². The zero-order chi connectivity index (χ0) is 19.8. The Morgan fingerprint density at radius 1 is 0.714 bits per heavy atom. The maximum Gasteiger partial charge on any atom is 0.0621 e. The van der Waals surface area contributed by atoms with Crippen LogP contribution in [0.4, 0.5) is 0 Å². The van der Waals surface area contributed by atoms with Gasteiger partial charge in [0.2, 0.25) is 0 Å². The van der Waals surface area contributed by atoms with Gasteiger partial charge in [-0.3, -0.25) is 0 Å². The van der Waals surface area contributed by atoms with Gasteiger partial charge < -0.3 is 0 Å². The molecule has 0 saturated heterocycles. The summed E-state index contributed by atoms with van der Waals surface area (Å²) >= 11 is 0. The first-order valence-corrected chi connectivity index (χ1v) is 10.3. The molecule has 0 aliphatic rings. The fourth-order valence-electron chi connectivity index (χ4n) is 3.75. The molecule has 3 aromatic rings. The van der Waals surface area contributed by atoms with Gasteiger partial charge in [0.1, 0.15) is 0 Å². The molecule has 1 atom stereocenters. The first-order valence-electron chi connectivity index (χ1n) is 10.3. The predicted octanol–water partition coefficient (Wildman–Crippen LogP) is 6.97. The summed E-state index contributed by atoms with van der Waals surface area (Å²) in [5, 5.41) is 8.74. The van der Waals surface area contributed by atoms with Crippen molar-refractivity contribution >= 4 is 0 Å². The molecule has 0 fully saturated rings. The number of rotatable bonds is 8. The lowest BCUT2D eigenvalue weighted by atomic mass is 9.84. The van der Waals surface area contributed by atoms with E-state index in [1.54, 1.807) is 0 Å². The van der Waals surface area contributed by atoms with Crippen molar-refractivity contribution in [1.82, 2.24) is 0 Å². The van der Waals surface area contributed by atoms with Crippen molar-refractivity contribution < 1.29 is 0 Å². The second-order valence-electron chi connectivity index (χ2n) is 7.59. The third kappa shape index (κ3) is 5.11. The number of nitriles is 1. The zero-order valence-electron chi connectivity index (χ0n) is 17.0. The molecule has 0 radical (unpaired) electrons. The van der Waals surface area contributed by atoms with Crippen LogP contribution in [0.3, 0.4) is 0 Å². The maximum atomic E-state index is 8.74. The summed E-state index contributed by atoms with van der Waals surface area (Å²) in [7, 11) is 0. The van der Waals surface area contributed by atoms with Gasteiger partial charge >= 0.3 is 0 Å². The van der Waals surface area contributed by atoms with E-state index < -0.39 is 0 Å². The van der Waals surface area contributed by atoms with Gasteiger partial charge in [-0.1, -0.05) is 91.7 Å². The Morgan fingerprint density at radius 2 is 1.18 bits per heavy atom.